The zero-order valence-corrected chi connectivity index (χ0v) is 7.54. The maximum Gasteiger partial charge on any atom is 0.0733 e. The molecule has 1 aromatic heterocycles. The fourth-order valence-corrected chi connectivity index (χ4v) is 1.12. The van der Waals surface area contributed by atoms with Gasteiger partial charge in [-0.1, -0.05) is 11.6 Å². The lowest BCUT2D eigenvalue weighted by atomic mass is 10.5. The van der Waals surface area contributed by atoms with Crippen LogP contribution in [0.2, 0.25) is 5.02 Å². The van der Waals surface area contributed by atoms with E-state index in [-0.39, 0.29) is 0 Å². The lowest BCUT2D eigenvalue weighted by Gasteiger charge is -1.95. The van der Waals surface area contributed by atoms with Crippen molar-refractivity contribution in [3.63, 3.8) is 0 Å². The number of nitrogens with zero attached hydrogens (tertiary/aromatic N) is 1. The van der Waals surface area contributed by atoms with Crippen molar-refractivity contribution in [2.45, 2.75) is 4.90 Å². The van der Waals surface area contributed by atoms with Crippen LogP contribution in [0.15, 0.2) is 21.8 Å². The Morgan fingerprint density at radius 3 is 2.67 bits per heavy atom. The van der Waals surface area contributed by atoms with Crippen LogP contribution in [0.1, 0.15) is 0 Å². The van der Waals surface area contributed by atoms with Crippen LogP contribution in [0.25, 0.3) is 0 Å². The number of rotatable bonds is 0. The van der Waals surface area contributed by atoms with Crippen molar-refractivity contribution in [2.24, 2.45) is 0 Å². The van der Waals surface area contributed by atoms with Gasteiger partial charge in [-0.2, -0.15) is 0 Å². The first-order valence-corrected chi connectivity index (χ1v) is 3.81. The molecule has 0 atom stereocenters. The number of thiol groups is 1. The number of pyridine rings is 1. The summed E-state index contributed by atoms with van der Waals surface area (Å²) in [5.74, 6) is 0. The summed E-state index contributed by atoms with van der Waals surface area (Å²) in [7, 11) is 0. The van der Waals surface area contributed by atoms with Crippen molar-refractivity contribution in [3.8, 4) is 0 Å². The van der Waals surface area contributed by atoms with E-state index in [1.807, 2.05) is 0 Å². The van der Waals surface area contributed by atoms with Gasteiger partial charge in [0, 0.05) is 17.3 Å². The Kier molecular flexibility index (Phi) is 2.38. The molecule has 1 heterocycles. The van der Waals surface area contributed by atoms with Gasteiger partial charge in [0.2, 0.25) is 0 Å². The molecule has 4 heteroatoms. The molecule has 0 radical (unpaired) electrons. The van der Waals surface area contributed by atoms with Gasteiger partial charge in [0.05, 0.1) is 9.50 Å². The molecule has 0 fully saturated rings. The molecule has 9 heavy (non-hydrogen) atoms. The number of aromatic nitrogens is 1. The minimum absolute atomic E-state index is 0.563. The van der Waals surface area contributed by atoms with Gasteiger partial charge in [-0.15, -0.1) is 12.6 Å². The van der Waals surface area contributed by atoms with E-state index < -0.39 is 0 Å². The van der Waals surface area contributed by atoms with Crippen molar-refractivity contribution in [2.75, 3.05) is 0 Å². The van der Waals surface area contributed by atoms with Gasteiger partial charge < -0.3 is 0 Å². The normalized spacial score (nSPS) is 9.67. The van der Waals surface area contributed by atoms with E-state index in [0.717, 1.165) is 9.37 Å². The Hall–Kier alpha value is 0.270. The fraction of sp³-hybridized carbons (Fsp3) is 0. The molecule has 1 nitrogen and oxygen atoms in total. The summed E-state index contributed by atoms with van der Waals surface area (Å²) in [6.45, 7) is 0. The third-order valence-corrected chi connectivity index (χ3v) is 2.64. The molecule has 0 saturated heterocycles. The minimum atomic E-state index is 0.563. The lowest BCUT2D eigenvalue weighted by molar-refractivity contribution is 1.24. The first-order valence-electron chi connectivity index (χ1n) is 2.20. The summed E-state index contributed by atoms with van der Waals surface area (Å²) >= 11 is 13.0. The Bertz CT molecular complexity index is 208. The van der Waals surface area contributed by atoms with E-state index in [1.54, 1.807) is 12.4 Å². The smallest absolute Gasteiger partial charge is 0.0733 e. The molecule has 0 spiro atoms. The lowest BCUT2D eigenvalue weighted by Crippen LogP contribution is -1.74. The average Bonchev–Trinajstić information content (AvgIpc) is 1.83. The summed E-state index contributed by atoms with van der Waals surface area (Å²) in [5, 5.41) is 0.563. The molecule has 0 aromatic carbocycles. The van der Waals surface area contributed by atoms with Gasteiger partial charge >= 0.3 is 0 Å². The van der Waals surface area contributed by atoms with Crippen LogP contribution in [-0.4, -0.2) is 4.98 Å². The third kappa shape index (κ3) is 1.60. The van der Waals surface area contributed by atoms with E-state index in [4.69, 9.17) is 11.6 Å². The van der Waals surface area contributed by atoms with Crippen LogP contribution >= 0.6 is 40.2 Å². The zero-order valence-electron chi connectivity index (χ0n) is 4.31. The molecule has 0 aliphatic carbocycles. The highest BCUT2D eigenvalue weighted by Gasteiger charge is 1.98. The average molecular weight is 225 g/mol. The van der Waals surface area contributed by atoms with Crippen molar-refractivity contribution in [1.29, 1.82) is 0 Å². The predicted octanol–water partition coefficient (Wildman–Crippen LogP) is 2.79. The van der Waals surface area contributed by atoms with E-state index in [2.05, 4.69) is 33.5 Å². The van der Waals surface area contributed by atoms with Gasteiger partial charge in [0.25, 0.3) is 0 Å². The van der Waals surface area contributed by atoms with Crippen LogP contribution in [0.3, 0.4) is 0 Å². The van der Waals surface area contributed by atoms with Crippen LogP contribution in [0.5, 0.6) is 0 Å². The van der Waals surface area contributed by atoms with Crippen molar-refractivity contribution in [3.05, 3.63) is 21.9 Å². The summed E-state index contributed by atoms with van der Waals surface area (Å²) in [4.78, 5) is 4.55. The Morgan fingerprint density at radius 1 is 1.56 bits per heavy atom. The molecule has 1 rings (SSSR count). The second-order valence-electron chi connectivity index (χ2n) is 1.45. The zero-order chi connectivity index (χ0) is 6.85. The van der Waals surface area contributed by atoms with Crippen molar-refractivity contribution < 1.29 is 0 Å². The molecule has 0 amide bonds. The molecule has 0 unspecified atom stereocenters. The maximum atomic E-state index is 5.65. The molecular formula is C5H3BrClNS. The van der Waals surface area contributed by atoms with Crippen LogP contribution < -0.4 is 0 Å². The predicted molar refractivity (Wildman–Crippen MR) is 44.2 cm³/mol. The molecule has 48 valence electrons. The second-order valence-corrected chi connectivity index (χ2v) is 3.16. The van der Waals surface area contributed by atoms with Crippen molar-refractivity contribution in [1.82, 2.24) is 4.98 Å². The molecule has 0 aliphatic heterocycles. The van der Waals surface area contributed by atoms with Crippen molar-refractivity contribution >= 4 is 40.2 Å². The second kappa shape index (κ2) is 2.90. The molecular weight excluding hydrogens is 221 g/mol. The molecule has 0 aliphatic rings. The SMILES string of the molecule is Sc1c(Cl)cncc1Br. The number of hydrogen-bond acceptors (Lipinski definition) is 2. The van der Waals surface area contributed by atoms with E-state index in [1.165, 1.54) is 0 Å². The van der Waals surface area contributed by atoms with Gasteiger partial charge in [0.1, 0.15) is 0 Å². The van der Waals surface area contributed by atoms with Crippen LogP contribution in [0, 0.1) is 0 Å². The quantitative estimate of drug-likeness (QED) is 0.669. The summed E-state index contributed by atoms with van der Waals surface area (Å²) in [5.41, 5.74) is 0. The summed E-state index contributed by atoms with van der Waals surface area (Å²) in [6, 6.07) is 0. The molecule has 0 saturated carbocycles. The topological polar surface area (TPSA) is 12.9 Å². The first kappa shape index (κ1) is 7.38. The highest BCUT2D eigenvalue weighted by atomic mass is 79.9. The van der Waals surface area contributed by atoms with Crippen LogP contribution in [-0.2, 0) is 0 Å². The van der Waals surface area contributed by atoms with E-state index in [9.17, 15) is 0 Å². The highest BCUT2D eigenvalue weighted by Crippen LogP contribution is 2.25. The Balaban J connectivity index is 3.25. The van der Waals surface area contributed by atoms with E-state index >= 15 is 0 Å². The minimum Gasteiger partial charge on any atom is -0.262 e. The molecule has 1 aromatic rings. The molecule has 0 N–H and O–H groups in total. The monoisotopic (exact) mass is 223 g/mol. The molecule has 0 bridgehead atoms. The summed E-state index contributed by atoms with van der Waals surface area (Å²) < 4.78 is 0.818. The van der Waals surface area contributed by atoms with E-state index in [0.29, 0.717) is 5.02 Å². The largest absolute Gasteiger partial charge is 0.262 e. The number of hydrogen-bond donors (Lipinski definition) is 1. The van der Waals surface area contributed by atoms with Gasteiger partial charge in [0.15, 0.2) is 0 Å². The van der Waals surface area contributed by atoms with Crippen LogP contribution in [0.4, 0.5) is 0 Å². The third-order valence-electron chi connectivity index (χ3n) is 0.828. The standard InChI is InChI=1S/C5H3BrClNS/c6-3-1-8-2-4(7)5(3)9/h1-2H,(H,8,9). The maximum absolute atomic E-state index is 5.65. The van der Waals surface area contributed by atoms with Gasteiger partial charge in [-0.05, 0) is 15.9 Å². The Morgan fingerprint density at radius 2 is 2.22 bits per heavy atom. The summed E-state index contributed by atoms with van der Waals surface area (Å²) in [6.07, 6.45) is 3.20. The Labute approximate surface area is 72.0 Å². The fourth-order valence-electron chi connectivity index (χ4n) is 0.405. The van der Waals surface area contributed by atoms with Gasteiger partial charge in [-0.25, -0.2) is 0 Å². The first-order chi connectivity index (χ1) is 4.22. The van der Waals surface area contributed by atoms with Gasteiger partial charge in [-0.3, -0.25) is 4.98 Å². The number of halogens is 2. The highest BCUT2D eigenvalue weighted by molar-refractivity contribution is 9.10.